The largest absolute Gasteiger partial charge is 0.362 e. The molecule has 0 saturated carbocycles. The van der Waals surface area contributed by atoms with Crippen molar-refractivity contribution in [3.8, 4) is 0 Å². The second-order valence-corrected chi connectivity index (χ2v) is 5.28. The van der Waals surface area contributed by atoms with Gasteiger partial charge in [-0.1, -0.05) is 33.1 Å². The maximum Gasteiger partial charge on any atom is 0.170 e. The molecule has 1 unspecified atom stereocenters. The van der Waals surface area contributed by atoms with Crippen LogP contribution in [0.5, 0.6) is 0 Å². The summed E-state index contributed by atoms with van der Waals surface area (Å²) in [6.07, 6.45) is 4.63. The van der Waals surface area contributed by atoms with Gasteiger partial charge < -0.3 is 10.6 Å². The van der Waals surface area contributed by atoms with E-state index in [-0.39, 0.29) is 5.69 Å². The Morgan fingerprint density at radius 3 is 2.65 bits per heavy atom. The van der Waals surface area contributed by atoms with Gasteiger partial charge in [0.1, 0.15) is 11.6 Å². The lowest BCUT2D eigenvalue weighted by Crippen LogP contribution is -2.33. The summed E-state index contributed by atoms with van der Waals surface area (Å²) in [4.78, 5) is 0. The summed E-state index contributed by atoms with van der Waals surface area (Å²) in [5.74, 6) is -0.683. The highest BCUT2D eigenvalue weighted by atomic mass is 32.1. The zero-order chi connectivity index (χ0) is 15.0. The molecule has 0 heterocycles. The van der Waals surface area contributed by atoms with Crippen molar-refractivity contribution in [2.45, 2.75) is 39.5 Å². The zero-order valence-electron chi connectivity index (χ0n) is 12.0. The van der Waals surface area contributed by atoms with E-state index < -0.39 is 11.6 Å². The van der Waals surface area contributed by atoms with Crippen LogP contribution in [0.25, 0.3) is 0 Å². The van der Waals surface area contributed by atoms with Crippen LogP contribution < -0.4 is 10.6 Å². The molecular formula is C15H22F2N2S. The lowest BCUT2D eigenvalue weighted by atomic mass is 9.99. The Bertz CT molecular complexity index is 438. The SMILES string of the molecule is CCCCC(CC)CNC(=S)Nc1ccc(F)cc1F. The minimum absolute atomic E-state index is 0.186. The van der Waals surface area contributed by atoms with Crippen molar-refractivity contribution < 1.29 is 8.78 Å². The van der Waals surface area contributed by atoms with Crippen LogP contribution in [0.15, 0.2) is 18.2 Å². The molecule has 1 atom stereocenters. The second kappa shape index (κ2) is 8.84. The quantitative estimate of drug-likeness (QED) is 0.727. The predicted octanol–water partition coefficient (Wildman–Crippen LogP) is 4.47. The van der Waals surface area contributed by atoms with Gasteiger partial charge in [0.15, 0.2) is 5.11 Å². The fourth-order valence-corrected chi connectivity index (χ4v) is 2.13. The molecule has 20 heavy (non-hydrogen) atoms. The summed E-state index contributed by atoms with van der Waals surface area (Å²) in [6, 6.07) is 3.37. The number of hydrogen-bond donors (Lipinski definition) is 2. The molecule has 2 nitrogen and oxygen atoms in total. The summed E-state index contributed by atoms with van der Waals surface area (Å²) in [7, 11) is 0. The zero-order valence-corrected chi connectivity index (χ0v) is 12.8. The summed E-state index contributed by atoms with van der Waals surface area (Å²) in [5.41, 5.74) is 0.186. The molecule has 1 aromatic carbocycles. The molecule has 0 spiro atoms. The van der Waals surface area contributed by atoms with Crippen LogP contribution in [0.4, 0.5) is 14.5 Å². The van der Waals surface area contributed by atoms with Crippen molar-refractivity contribution in [3.05, 3.63) is 29.8 Å². The lowest BCUT2D eigenvalue weighted by molar-refractivity contribution is 0.446. The second-order valence-electron chi connectivity index (χ2n) is 4.88. The molecule has 0 aliphatic rings. The Balaban J connectivity index is 2.43. The molecule has 0 saturated heterocycles. The van der Waals surface area contributed by atoms with E-state index in [1.165, 1.54) is 25.0 Å². The predicted molar refractivity (Wildman–Crippen MR) is 83.9 cm³/mol. The van der Waals surface area contributed by atoms with Crippen LogP contribution >= 0.6 is 12.2 Å². The van der Waals surface area contributed by atoms with Gasteiger partial charge in [-0.15, -0.1) is 0 Å². The topological polar surface area (TPSA) is 24.1 Å². The monoisotopic (exact) mass is 300 g/mol. The van der Waals surface area contributed by atoms with E-state index in [2.05, 4.69) is 24.5 Å². The molecule has 0 aliphatic heterocycles. The Labute approximate surface area is 125 Å². The van der Waals surface area contributed by atoms with Crippen LogP contribution in [-0.2, 0) is 0 Å². The molecule has 0 radical (unpaired) electrons. The summed E-state index contributed by atoms with van der Waals surface area (Å²) < 4.78 is 26.2. The van der Waals surface area contributed by atoms with Crippen LogP contribution in [-0.4, -0.2) is 11.7 Å². The number of rotatable bonds is 7. The van der Waals surface area contributed by atoms with Crippen molar-refractivity contribution in [2.75, 3.05) is 11.9 Å². The van der Waals surface area contributed by atoms with E-state index in [0.29, 0.717) is 11.0 Å². The maximum atomic E-state index is 13.5. The Morgan fingerprint density at radius 2 is 2.05 bits per heavy atom. The van der Waals surface area contributed by atoms with Gasteiger partial charge in [-0.25, -0.2) is 8.78 Å². The Hall–Kier alpha value is -1.23. The molecule has 5 heteroatoms. The normalized spacial score (nSPS) is 12.0. The average molecular weight is 300 g/mol. The van der Waals surface area contributed by atoms with E-state index in [1.54, 1.807) is 0 Å². The molecule has 1 rings (SSSR count). The number of unbranched alkanes of at least 4 members (excludes halogenated alkanes) is 1. The molecule has 112 valence electrons. The Morgan fingerprint density at radius 1 is 1.30 bits per heavy atom. The third-order valence-electron chi connectivity index (χ3n) is 3.27. The van der Waals surface area contributed by atoms with Crippen LogP contribution in [0, 0.1) is 17.6 Å². The fourth-order valence-electron chi connectivity index (χ4n) is 1.94. The van der Waals surface area contributed by atoms with Crippen molar-refractivity contribution >= 4 is 23.0 Å². The van der Waals surface area contributed by atoms with Gasteiger partial charge in [-0.2, -0.15) is 0 Å². The first-order chi connectivity index (χ1) is 9.56. The number of nitrogens with one attached hydrogen (secondary N) is 2. The van der Waals surface area contributed by atoms with Crippen molar-refractivity contribution in [2.24, 2.45) is 5.92 Å². The van der Waals surface area contributed by atoms with E-state index in [9.17, 15) is 8.78 Å². The van der Waals surface area contributed by atoms with Crippen LogP contribution in [0.1, 0.15) is 39.5 Å². The molecule has 0 amide bonds. The Kier molecular flexibility index (Phi) is 7.44. The minimum Gasteiger partial charge on any atom is -0.362 e. The van der Waals surface area contributed by atoms with E-state index in [1.807, 2.05) is 0 Å². The van der Waals surface area contributed by atoms with Crippen molar-refractivity contribution in [3.63, 3.8) is 0 Å². The van der Waals surface area contributed by atoms with Gasteiger partial charge in [0.05, 0.1) is 5.69 Å². The van der Waals surface area contributed by atoms with E-state index >= 15 is 0 Å². The number of benzene rings is 1. The smallest absolute Gasteiger partial charge is 0.170 e. The molecule has 0 aliphatic carbocycles. The highest BCUT2D eigenvalue weighted by Crippen LogP contribution is 2.15. The number of halogens is 2. The first kappa shape index (κ1) is 16.8. The van der Waals surface area contributed by atoms with E-state index in [4.69, 9.17) is 12.2 Å². The molecule has 2 N–H and O–H groups in total. The number of anilines is 1. The average Bonchev–Trinajstić information content (AvgIpc) is 2.42. The standard InChI is InChI=1S/C15H22F2N2S/c1-3-5-6-11(4-2)10-18-15(20)19-14-8-7-12(16)9-13(14)17/h7-9,11H,3-6,10H2,1-2H3,(H2,18,19,20). The van der Waals surface area contributed by atoms with Crippen LogP contribution in [0.2, 0.25) is 0 Å². The first-order valence-corrected chi connectivity index (χ1v) is 7.47. The molecular weight excluding hydrogens is 278 g/mol. The third-order valence-corrected chi connectivity index (χ3v) is 3.52. The van der Waals surface area contributed by atoms with Crippen molar-refractivity contribution in [1.29, 1.82) is 0 Å². The number of hydrogen-bond acceptors (Lipinski definition) is 1. The fraction of sp³-hybridized carbons (Fsp3) is 0.533. The summed E-state index contributed by atoms with van der Waals surface area (Å²) in [5, 5.41) is 6.21. The minimum atomic E-state index is -0.646. The lowest BCUT2D eigenvalue weighted by Gasteiger charge is -2.17. The molecule has 0 aromatic heterocycles. The van der Waals surface area contributed by atoms with Gasteiger partial charge >= 0.3 is 0 Å². The third kappa shape index (κ3) is 5.82. The maximum absolute atomic E-state index is 13.5. The van der Waals surface area contributed by atoms with Crippen molar-refractivity contribution in [1.82, 2.24) is 5.32 Å². The molecule has 0 fully saturated rings. The highest BCUT2D eigenvalue weighted by molar-refractivity contribution is 7.80. The summed E-state index contributed by atoms with van der Waals surface area (Å²) in [6.45, 7) is 5.09. The van der Waals surface area contributed by atoms with Gasteiger partial charge in [0.2, 0.25) is 0 Å². The van der Waals surface area contributed by atoms with Gasteiger partial charge in [-0.3, -0.25) is 0 Å². The summed E-state index contributed by atoms with van der Waals surface area (Å²) >= 11 is 5.12. The molecule has 1 aromatic rings. The van der Waals surface area contributed by atoms with Gasteiger partial charge in [0.25, 0.3) is 0 Å². The molecule has 0 bridgehead atoms. The highest BCUT2D eigenvalue weighted by Gasteiger charge is 2.08. The first-order valence-electron chi connectivity index (χ1n) is 7.06. The van der Waals surface area contributed by atoms with Gasteiger partial charge in [0, 0.05) is 12.6 Å². The van der Waals surface area contributed by atoms with E-state index in [0.717, 1.165) is 25.5 Å². The van der Waals surface area contributed by atoms with Crippen LogP contribution in [0.3, 0.4) is 0 Å². The number of thiocarbonyl (C=S) groups is 1. The van der Waals surface area contributed by atoms with Gasteiger partial charge in [-0.05, 0) is 36.7 Å².